The van der Waals surface area contributed by atoms with E-state index in [9.17, 15) is 19.6 Å². The van der Waals surface area contributed by atoms with Gasteiger partial charge in [-0.3, -0.25) is 14.4 Å². The molecule has 8 heteroatoms. The summed E-state index contributed by atoms with van der Waals surface area (Å²) in [7, 11) is 1.59. The number of aromatic nitrogens is 1. The number of aromatic amines is 1. The van der Waals surface area contributed by atoms with Gasteiger partial charge in [-0.25, -0.2) is 0 Å². The number of fused-ring (bicyclic) bond motifs is 2. The molecule has 1 aliphatic carbocycles. The Balaban J connectivity index is 1.37. The number of ether oxygens (including phenoxy) is 1. The Kier molecular flexibility index (Phi) is 6.95. The van der Waals surface area contributed by atoms with Crippen LogP contribution in [0.25, 0.3) is 10.9 Å². The molecule has 1 saturated heterocycles. The number of nitriles is 1. The highest BCUT2D eigenvalue weighted by Crippen LogP contribution is 2.35. The number of carbonyl (C=O) groups excluding carboxylic acids is 3. The third kappa shape index (κ3) is 5.08. The molecule has 3 atom stereocenters. The van der Waals surface area contributed by atoms with Gasteiger partial charge in [-0.1, -0.05) is 30.3 Å². The minimum absolute atomic E-state index is 0.0156. The second-order valence-corrected chi connectivity index (χ2v) is 9.98. The van der Waals surface area contributed by atoms with Crippen LogP contribution in [-0.4, -0.2) is 42.3 Å². The van der Waals surface area contributed by atoms with Gasteiger partial charge in [-0.15, -0.1) is 0 Å². The summed E-state index contributed by atoms with van der Waals surface area (Å²) in [6.07, 6.45) is 2.33. The Morgan fingerprint density at radius 1 is 1.16 bits per heavy atom. The molecule has 37 heavy (non-hydrogen) atoms. The lowest BCUT2D eigenvalue weighted by Gasteiger charge is -2.24. The molecule has 0 bridgehead atoms. The molecule has 190 valence electrons. The monoisotopic (exact) mass is 498 g/mol. The number of nitrogens with one attached hydrogen (secondary N) is 3. The maximum atomic E-state index is 13.6. The fourth-order valence-corrected chi connectivity index (χ4v) is 5.69. The molecular weight excluding hydrogens is 468 g/mol. The van der Waals surface area contributed by atoms with Gasteiger partial charge in [0.15, 0.2) is 5.78 Å². The maximum absolute atomic E-state index is 13.6. The molecule has 1 aliphatic heterocycles. The van der Waals surface area contributed by atoms with Crippen LogP contribution in [-0.2, 0) is 22.4 Å². The van der Waals surface area contributed by atoms with Crippen LogP contribution in [0.15, 0.2) is 48.5 Å². The minimum Gasteiger partial charge on any atom is -0.496 e. The van der Waals surface area contributed by atoms with Gasteiger partial charge in [0.1, 0.15) is 11.8 Å². The molecule has 0 saturated carbocycles. The number of benzene rings is 2. The van der Waals surface area contributed by atoms with Crippen molar-refractivity contribution in [3.05, 3.63) is 65.4 Å². The van der Waals surface area contributed by atoms with Gasteiger partial charge >= 0.3 is 0 Å². The quantitative estimate of drug-likeness (QED) is 0.391. The Morgan fingerprint density at radius 3 is 2.57 bits per heavy atom. The van der Waals surface area contributed by atoms with Crippen molar-refractivity contribution in [3.63, 3.8) is 0 Å². The number of ketones is 1. The fourth-order valence-electron chi connectivity index (χ4n) is 5.69. The number of methoxy groups -OCH3 is 1. The van der Waals surface area contributed by atoms with Crippen LogP contribution in [0.2, 0.25) is 0 Å². The highest BCUT2D eigenvalue weighted by Gasteiger charge is 2.37. The predicted molar refractivity (Wildman–Crippen MR) is 138 cm³/mol. The van der Waals surface area contributed by atoms with Gasteiger partial charge in [-0.05, 0) is 60.9 Å². The van der Waals surface area contributed by atoms with Crippen molar-refractivity contribution < 1.29 is 19.1 Å². The molecule has 3 aromatic rings. The van der Waals surface area contributed by atoms with Crippen molar-refractivity contribution in [2.24, 2.45) is 17.8 Å². The first-order valence-electron chi connectivity index (χ1n) is 12.7. The second-order valence-electron chi connectivity index (χ2n) is 9.98. The Morgan fingerprint density at radius 2 is 1.92 bits per heavy atom. The molecule has 8 nitrogen and oxygen atoms in total. The largest absolute Gasteiger partial charge is 0.496 e. The van der Waals surface area contributed by atoms with Crippen LogP contribution in [0.1, 0.15) is 40.9 Å². The van der Waals surface area contributed by atoms with Crippen LogP contribution < -0.4 is 15.4 Å². The third-order valence-corrected chi connectivity index (χ3v) is 7.69. The van der Waals surface area contributed by atoms with E-state index in [4.69, 9.17) is 4.74 Å². The zero-order chi connectivity index (χ0) is 25.9. The van der Waals surface area contributed by atoms with Gasteiger partial charge in [0.05, 0.1) is 18.9 Å². The Hall–Kier alpha value is -4.12. The van der Waals surface area contributed by atoms with Gasteiger partial charge in [0.2, 0.25) is 11.8 Å². The lowest BCUT2D eigenvalue weighted by Crippen LogP contribution is -2.43. The highest BCUT2D eigenvalue weighted by molar-refractivity contribution is 6.02. The van der Waals surface area contributed by atoms with Gasteiger partial charge in [-0.2, -0.15) is 5.26 Å². The van der Waals surface area contributed by atoms with E-state index in [0.717, 1.165) is 10.9 Å². The molecule has 2 heterocycles. The predicted octanol–water partition coefficient (Wildman–Crippen LogP) is 3.32. The van der Waals surface area contributed by atoms with Crippen molar-refractivity contribution in [1.29, 1.82) is 5.26 Å². The van der Waals surface area contributed by atoms with E-state index in [-0.39, 0.29) is 42.3 Å². The van der Waals surface area contributed by atoms with E-state index in [1.165, 1.54) is 11.1 Å². The number of rotatable bonds is 9. The van der Waals surface area contributed by atoms with Crippen LogP contribution >= 0.6 is 0 Å². The molecule has 0 radical (unpaired) electrons. The van der Waals surface area contributed by atoms with Gasteiger partial charge < -0.3 is 20.4 Å². The summed E-state index contributed by atoms with van der Waals surface area (Å²) < 4.78 is 5.42. The normalized spacial score (nSPS) is 18.6. The third-order valence-electron chi connectivity index (χ3n) is 7.69. The number of Topliss-reactive ketones (excluding diaryl/α,β-unsaturated/α-hetero) is 1. The van der Waals surface area contributed by atoms with E-state index in [1.807, 2.05) is 30.3 Å². The first-order chi connectivity index (χ1) is 18.0. The minimum atomic E-state index is -0.792. The van der Waals surface area contributed by atoms with Crippen molar-refractivity contribution in [2.45, 2.75) is 38.1 Å². The van der Waals surface area contributed by atoms with Crippen molar-refractivity contribution in [1.82, 2.24) is 15.6 Å². The molecule has 5 rings (SSSR count). The average Bonchev–Trinajstić information content (AvgIpc) is 3.64. The lowest BCUT2D eigenvalue weighted by molar-refractivity contribution is -0.128. The van der Waals surface area contributed by atoms with Crippen LogP contribution in [0.3, 0.4) is 0 Å². The smallest absolute Gasteiger partial charge is 0.224 e. The summed E-state index contributed by atoms with van der Waals surface area (Å²) in [5, 5.41) is 16.2. The van der Waals surface area contributed by atoms with Crippen LogP contribution in [0.4, 0.5) is 0 Å². The van der Waals surface area contributed by atoms with Gasteiger partial charge in [0.25, 0.3) is 0 Å². The maximum Gasteiger partial charge on any atom is 0.224 e. The van der Waals surface area contributed by atoms with E-state index in [1.54, 1.807) is 13.2 Å². The number of H-pyrrole nitrogens is 1. The van der Waals surface area contributed by atoms with Crippen molar-refractivity contribution in [3.8, 4) is 11.8 Å². The van der Waals surface area contributed by atoms with Crippen LogP contribution in [0, 0.1) is 29.1 Å². The number of carbonyl (C=O) groups is 3. The number of amides is 2. The molecular formula is C29H30N4O4. The van der Waals surface area contributed by atoms with Crippen molar-refractivity contribution >= 4 is 28.5 Å². The molecule has 0 spiro atoms. The van der Waals surface area contributed by atoms with Gasteiger partial charge in [0, 0.05) is 35.7 Å². The summed E-state index contributed by atoms with van der Waals surface area (Å²) in [4.78, 5) is 42.2. The van der Waals surface area contributed by atoms with Crippen LogP contribution in [0.5, 0.6) is 5.75 Å². The van der Waals surface area contributed by atoms with E-state index < -0.39 is 12.0 Å². The zero-order valence-corrected chi connectivity index (χ0v) is 20.8. The topological polar surface area (TPSA) is 124 Å². The highest BCUT2D eigenvalue weighted by atomic mass is 16.5. The molecule has 2 aliphatic rings. The number of nitrogens with zero attached hydrogens (tertiary/aromatic N) is 1. The number of hydrogen-bond donors (Lipinski definition) is 3. The molecule has 3 unspecified atom stereocenters. The van der Waals surface area contributed by atoms with E-state index in [2.05, 4.69) is 33.8 Å². The molecule has 3 N–H and O–H groups in total. The molecule has 2 aromatic carbocycles. The summed E-state index contributed by atoms with van der Waals surface area (Å²) in [6.45, 7) is 0.586. The van der Waals surface area contributed by atoms with E-state index >= 15 is 0 Å². The zero-order valence-electron chi connectivity index (χ0n) is 20.8. The summed E-state index contributed by atoms with van der Waals surface area (Å²) in [5.74, 6) is -0.858. The van der Waals surface area contributed by atoms with Crippen molar-refractivity contribution in [2.75, 3.05) is 13.7 Å². The first kappa shape index (κ1) is 24.6. The summed E-state index contributed by atoms with van der Waals surface area (Å²) in [5.41, 5.74) is 3.59. The molecule has 1 fully saturated rings. The Labute approximate surface area is 215 Å². The number of hydrogen-bond acceptors (Lipinski definition) is 5. The summed E-state index contributed by atoms with van der Waals surface area (Å²) in [6, 6.07) is 16.8. The summed E-state index contributed by atoms with van der Waals surface area (Å²) >= 11 is 0. The average molecular weight is 499 g/mol. The molecule has 2 amide bonds. The SMILES string of the molecule is COc1cccc2[nH]c(C(=O)CC(C(=O)NC(C#N)CC3CCNC3=O)C3Cc4ccccc4C3)cc12. The fraction of sp³-hybridized carbons (Fsp3) is 0.379. The second kappa shape index (κ2) is 10.5. The first-order valence-corrected chi connectivity index (χ1v) is 12.7. The Bertz CT molecular complexity index is 1360. The van der Waals surface area contributed by atoms with E-state index in [0.29, 0.717) is 37.3 Å². The lowest BCUT2D eigenvalue weighted by atomic mass is 9.84. The molecule has 1 aromatic heterocycles. The standard InChI is InChI=1S/C29H30N4O4/c1-37-27-8-4-7-24-23(27)14-25(33-24)26(34)15-22(20-11-17-5-2-3-6-18(17)12-20)29(36)32-21(16-30)13-19-9-10-31-28(19)35/h2-8,14,19-22,33H,9-13,15H2,1H3,(H,31,35)(H,32,36).